The molecule has 0 aromatic carbocycles. The first-order valence-electron chi connectivity index (χ1n) is 7.03. The predicted molar refractivity (Wildman–Crippen MR) is 72.1 cm³/mol. The summed E-state index contributed by atoms with van der Waals surface area (Å²) in [6, 6.07) is -1.18. The van der Waals surface area contributed by atoms with Crippen molar-refractivity contribution in [3.8, 4) is 0 Å². The molecule has 21 heavy (non-hydrogen) atoms. The van der Waals surface area contributed by atoms with E-state index < -0.39 is 36.2 Å². The third kappa shape index (κ3) is 5.13. The van der Waals surface area contributed by atoms with E-state index in [9.17, 15) is 18.4 Å². The number of ether oxygens (including phenoxy) is 2. The number of methoxy groups -OCH3 is 1. The molecule has 0 radical (unpaired) electrons. The fourth-order valence-electron chi connectivity index (χ4n) is 2.44. The molecular weight excluding hydrogens is 284 g/mol. The molecule has 0 aromatic heterocycles. The number of carbonyl (C=O) groups is 2. The molecule has 1 fully saturated rings. The molecule has 5 nitrogen and oxygen atoms in total. The molecule has 122 valence electrons. The lowest BCUT2D eigenvalue weighted by Gasteiger charge is -2.31. The number of halogens is 2. The SMILES string of the molecule is COC(=O)C1CCC(CCC(F)F)N1C(=O)OC(C)(C)C. The molecule has 0 N–H and O–H groups in total. The van der Waals surface area contributed by atoms with Gasteiger partial charge in [-0.15, -0.1) is 0 Å². The van der Waals surface area contributed by atoms with E-state index in [1.807, 2.05) is 0 Å². The van der Waals surface area contributed by atoms with Gasteiger partial charge in [0, 0.05) is 12.5 Å². The van der Waals surface area contributed by atoms with Gasteiger partial charge >= 0.3 is 12.1 Å². The van der Waals surface area contributed by atoms with Crippen LogP contribution in [0.4, 0.5) is 13.6 Å². The molecule has 1 aliphatic heterocycles. The summed E-state index contributed by atoms with van der Waals surface area (Å²) in [4.78, 5) is 25.3. The lowest BCUT2D eigenvalue weighted by molar-refractivity contribution is -0.146. The van der Waals surface area contributed by atoms with Gasteiger partial charge < -0.3 is 9.47 Å². The molecule has 1 heterocycles. The van der Waals surface area contributed by atoms with Gasteiger partial charge in [-0.2, -0.15) is 0 Å². The summed E-state index contributed by atoms with van der Waals surface area (Å²) in [6.07, 6.45) is -2.36. The van der Waals surface area contributed by atoms with Gasteiger partial charge in [0.1, 0.15) is 11.6 Å². The number of rotatable bonds is 4. The Morgan fingerprint density at radius 3 is 2.38 bits per heavy atom. The van der Waals surface area contributed by atoms with Gasteiger partial charge in [0.25, 0.3) is 0 Å². The highest BCUT2D eigenvalue weighted by Gasteiger charge is 2.43. The quantitative estimate of drug-likeness (QED) is 0.749. The topological polar surface area (TPSA) is 55.8 Å². The zero-order valence-electron chi connectivity index (χ0n) is 12.9. The van der Waals surface area contributed by atoms with E-state index >= 15 is 0 Å². The summed E-state index contributed by atoms with van der Waals surface area (Å²) in [5, 5.41) is 0. The van der Waals surface area contributed by atoms with Crippen molar-refractivity contribution < 1.29 is 27.8 Å². The first-order chi connectivity index (χ1) is 9.65. The van der Waals surface area contributed by atoms with Crippen LogP contribution in [0.1, 0.15) is 46.5 Å². The highest BCUT2D eigenvalue weighted by Crippen LogP contribution is 2.30. The molecule has 0 saturated carbocycles. The average molecular weight is 307 g/mol. The number of carbonyl (C=O) groups excluding carboxylic acids is 2. The van der Waals surface area contributed by atoms with E-state index in [1.54, 1.807) is 20.8 Å². The van der Waals surface area contributed by atoms with E-state index in [0.29, 0.717) is 12.8 Å². The van der Waals surface area contributed by atoms with E-state index in [2.05, 4.69) is 4.74 Å². The van der Waals surface area contributed by atoms with Crippen LogP contribution in [0, 0.1) is 0 Å². The van der Waals surface area contributed by atoms with E-state index in [1.165, 1.54) is 12.0 Å². The highest BCUT2D eigenvalue weighted by atomic mass is 19.3. The van der Waals surface area contributed by atoms with Crippen molar-refractivity contribution in [3.05, 3.63) is 0 Å². The van der Waals surface area contributed by atoms with Crippen molar-refractivity contribution in [2.45, 2.75) is 70.6 Å². The molecule has 1 amide bonds. The second-order valence-electron chi connectivity index (χ2n) is 6.13. The Labute approximate surface area is 123 Å². The van der Waals surface area contributed by atoms with Crippen molar-refractivity contribution in [1.82, 2.24) is 4.90 Å². The molecule has 1 rings (SSSR count). The van der Waals surface area contributed by atoms with Crippen molar-refractivity contribution in [1.29, 1.82) is 0 Å². The molecule has 1 saturated heterocycles. The Balaban J connectivity index is 2.84. The number of amides is 1. The van der Waals surface area contributed by atoms with Crippen LogP contribution in [0.2, 0.25) is 0 Å². The number of hydrogen-bond acceptors (Lipinski definition) is 4. The van der Waals surface area contributed by atoms with Gasteiger partial charge in [0.15, 0.2) is 0 Å². The predicted octanol–water partition coefficient (Wildman–Crippen LogP) is 2.97. The van der Waals surface area contributed by atoms with E-state index in [0.717, 1.165) is 0 Å². The summed E-state index contributed by atoms with van der Waals surface area (Å²) in [5.41, 5.74) is -0.715. The molecule has 2 atom stereocenters. The van der Waals surface area contributed by atoms with Gasteiger partial charge in [0.05, 0.1) is 7.11 Å². The summed E-state index contributed by atoms with van der Waals surface area (Å²) >= 11 is 0. The van der Waals surface area contributed by atoms with Gasteiger partial charge in [-0.25, -0.2) is 18.4 Å². The summed E-state index contributed by atoms with van der Waals surface area (Å²) in [5.74, 6) is -0.541. The van der Waals surface area contributed by atoms with Gasteiger partial charge in [-0.1, -0.05) is 0 Å². The second kappa shape index (κ2) is 7.04. The summed E-state index contributed by atoms with van der Waals surface area (Å²) in [6.45, 7) is 5.13. The second-order valence-corrected chi connectivity index (χ2v) is 6.13. The van der Waals surface area contributed by atoms with Crippen LogP contribution < -0.4 is 0 Å². The summed E-state index contributed by atoms with van der Waals surface area (Å²) < 4.78 is 34.7. The third-order valence-corrected chi connectivity index (χ3v) is 3.30. The Kier molecular flexibility index (Phi) is 5.92. The monoisotopic (exact) mass is 307 g/mol. The Bertz CT molecular complexity index is 382. The molecule has 0 bridgehead atoms. The van der Waals surface area contributed by atoms with Crippen LogP contribution in [-0.2, 0) is 14.3 Å². The fourth-order valence-corrected chi connectivity index (χ4v) is 2.44. The Hall–Kier alpha value is -1.40. The number of alkyl halides is 2. The first kappa shape index (κ1) is 17.7. The third-order valence-electron chi connectivity index (χ3n) is 3.30. The lowest BCUT2D eigenvalue weighted by Crippen LogP contribution is -2.47. The van der Waals surface area contributed by atoms with Crippen molar-refractivity contribution in [3.63, 3.8) is 0 Å². The van der Waals surface area contributed by atoms with Gasteiger partial charge in [0.2, 0.25) is 6.43 Å². The number of likely N-dealkylation sites (tertiary alicyclic amines) is 1. The van der Waals surface area contributed by atoms with Crippen LogP contribution in [0.15, 0.2) is 0 Å². The molecule has 1 aliphatic rings. The highest BCUT2D eigenvalue weighted by molar-refractivity contribution is 5.82. The largest absolute Gasteiger partial charge is 0.467 e. The number of hydrogen-bond donors (Lipinski definition) is 0. The molecule has 0 spiro atoms. The smallest absolute Gasteiger partial charge is 0.411 e. The Morgan fingerprint density at radius 2 is 1.90 bits per heavy atom. The minimum Gasteiger partial charge on any atom is -0.467 e. The average Bonchev–Trinajstić information content (AvgIpc) is 2.77. The normalized spacial score (nSPS) is 22.5. The minimum atomic E-state index is -2.43. The first-order valence-corrected chi connectivity index (χ1v) is 7.03. The van der Waals surface area contributed by atoms with Gasteiger partial charge in [-0.05, 0) is 40.0 Å². The maximum absolute atomic E-state index is 12.4. The van der Waals surface area contributed by atoms with Crippen molar-refractivity contribution in [2.24, 2.45) is 0 Å². The van der Waals surface area contributed by atoms with Crippen LogP contribution in [-0.4, -0.2) is 48.2 Å². The Morgan fingerprint density at radius 1 is 1.29 bits per heavy atom. The molecule has 0 aromatic rings. The zero-order chi connectivity index (χ0) is 16.2. The number of nitrogens with zero attached hydrogens (tertiary/aromatic N) is 1. The van der Waals surface area contributed by atoms with Crippen LogP contribution >= 0.6 is 0 Å². The molecule has 2 unspecified atom stereocenters. The van der Waals surface area contributed by atoms with Gasteiger partial charge in [-0.3, -0.25) is 4.90 Å². The van der Waals surface area contributed by atoms with E-state index in [-0.39, 0.29) is 12.8 Å². The zero-order valence-corrected chi connectivity index (χ0v) is 12.9. The fraction of sp³-hybridized carbons (Fsp3) is 0.857. The van der Waals surface area contributed by atoms with E-state index in [4.69, 9.17) is 4.74 Å². The number of esters is 1. The standard InChI is InChI=1S/C14H23F2NO4/c1-14(2,3)21-13(19)17-9(6-8-11(15)16)5-7-10(17)12(18)20-4/h9-11H,5-8H2,1-4H3. The summed E-state index contributed by atoms with van der Waals surface area (Å²) in [7, 11) is 1.24. The van der Waals surface area contributed by atoms with Crippen molar-refractivity contribution in [2.75, 3.05) is 7.11 Å². The van der Waals surface area contributed by atoms with Crippen LogP contribution in [0.5, 0.6) is 0 Å². The van der Waals surface area contributed by atoms with Crippen LogP contribution in [0.25, 0.3) is 0 Å². The minimum absolute atomic E-state index is 0.143. The van der Waals surface area contributed by atoms with Crippen LogP contribution in [0.3, 0.4) is 0 Å². The molecular formula is C14H23F2NO4. The molecule has 0 aliphatic carbocycles. The lowest BCUT2D eigenvalue weighted by atomic mass is 10.1. The maximum Gasteiger partial charge on any atom is 0.411 e. The molecule has 7 heteroatoms. The maximum atomic E-state index is 12.4. The van der Waals surface area contributed by atoms with Crippen molar-refractivity contribution >= 4 is 12.1 Å².